The van der Waals surface area contributed by atoms with Crippen molar-refractivity contribution >= 4 is 37.5 Å². The Morgan fingerprint density at radius 1 is 0.871 bits per heavy atom. The van der Waals surface area contributed by atoms with Crippen LogP contribution in [0.15, 0.2) is 84.0 Å². The number of aromatic nitrogens is 3. The molecule has 0 bridgehead atoms. The van der Waals surface area contributed by atoms with Crippen molar-refractivity contribution in [2.45, 2.75) is 5.03 Å². The van der Waals surface area contributed by atoms with E-state index in [2.05, 4.69) is 20.6 Å². The maximum absolute atomic E-state index is 11.9. The Hall–Kier alpha value is -3.91. The molecule has 2 N–H and O–H groups in total. The van der Waals surface area contributed by atoms with Crippen LogP contribution in [-0.2, 0) is 9.84 Å². The molecule has 0 spiro atoms. The highest BCUT2D eigenvalue weighted by Crippen LogP contribution is 2.35. The Kier molecular flexibility index (Phi) is 4.37. The molecule has 0 atom stereocenters. The fourth-order valence-corrected chi connectivity index (χ4v) is 4.23. The van der Waals surface area contributed by atoms with Crippen LogP contribution in [0.3, 0.4) is 0 Å². The first-order chi connectivity index (χ1) is 14.9. The summed E-state index contributed by atoms with van der Waals surface area (Å²) in [6.07, 6.45) is 2.83. The molecule has 31 heavy (non-hydrogen) atoms. The van der Waals surface area contributed by atoms with Gasteiger partial charge in [-0.05, 0) is 30.3 Å². The summed E-state index contributed by atoms with van der Waals surface area (Å²) in [5, 5.41) is 2.02. The molecule has 0 aliphatic rings. The molecule has 0 saturated carbocycles. The summed E-state index contributed by atoms with van der Waals surface area (Å²) in [5.74, 6) is 1.70. The number of nitrogen functional groups attached to an aromatic ring is 1. The van der Waals surface area contributed by atoms with Crippen LogP contribution >= 0.6 is 0 Å². The second-order valence-corrected chi connectivity index (χ2v) is 9.12. The zero-order valence-corrected chi connectivity index (χ0v) is 17.4. The SMILES string of the molecule is CS(=O)(=O)c1cc(Oc2ccc3c4ccccc4n(-c4ccccn4)c3c2)cc(N)n1. The van der Waals surface area contributed by atoms with Crippen molar-refractivity contribution in [2.24, 2.45) is 0 Å². The van der Waals surface area contributed by atoms with E-state index in [1.807, 2.05) is 54.6 Å². The third-order valence-electron chi connectivity index (χ3n) is 4.93. The van der Waals surface area contributed by atoms with Crippen LogP contribution in [0.1, 0.15) is 0 Å². The molecule has 0 aliphatic carbocycles. The number of para-hydroxylation sites is 1. The minimum absolute atomic E-state index is 0.0709. The average Bonchev–Trinajstić information content (AvgIpc) is 3.07. The van der Waals surface area contributed by atoms with Gasteiger partial charge >= 0.3 is 0 Å². The lowest BCUT2D eigenvalue weighted by Crippen LogP contribution is -2.03. The van der Waals surface area contributed by atoms with Gasteiger partial charge in [0.1, 0.15) is 23.1 Å². The molecule has 0 unspecified atom stereocenters. The fraction of sp³-hybridized carbons (Fsp3) is 0.0435. The van der Waals surface area contributed by atoms with Crippen LogP contribution in [0.4, 0.5) is 5.82 Å². The Labute approximate surface area is 178 Å². The molecule has 3 heterocycles. The van der Waals surface area contributed by atoms with Gasteiger partial charge in [-0.2, -0.15) is 0 Å². The molecule has 3 aromatic heterocycles. The lowest BCUT2D eigenvalue weighted by atomic mass is 10.1. The van der Waals surface area contributed by atoms with E-state index in [1.165, 1.54) is 12.1 Å². The number of nitrogens with zero attached hydrogens (tertiary/aromatic N) is 3. The number of ether oxygens (including phenoxy) is 1. The van der Waals surface area contributed by atoms with Gasteiger partial charge < -0.3 is 10.5 Å². The second-order valence-electron chi connectivity index (χ2n) is 7.16. The van der Waals surface area contributed by atoms with Crippen molar-refractivity contribution in [2.75, 3.05) is 12.0 Å². The van der Waals surface area contributed by atoms with Crippen LogP contribution in [0, 0.1) is 0 Å². The maximum Gasteiger partial charge on any atom is 0.192 e. The Morgan fingerprint density at radius 2 is 1.65 bits per heavy atom. The van der Waals surface area contributed by atoms with E-state index >= 15 is 0 Å². The monoisotopic (exact) mass is 430 g/mol. The summed E-state index contributed by atoms with van der Waals surface area (Å²) in [4.78, 5) is 8.39. The fourth-order valence-electron chi connectivity index (χ4n) is 3.63. The van der Waals surface area contributed by atoms with Crippen molar-refractivity contribution in [1.29, 1.82) is 0 Å². The van der Waals surface area contributed by atoms with Gasteiger partial charge in [-0.1, -0.05) is 24.3 Å². The number of hydrogen-bond donors (Lipinski definition) is 1. The maximum atomic E-state index is 11.9. The first-order valence-corrected chi connectivity index (χ1v) is 11.4. The van der Waals surface area contributed by atoms with Crippen molar-refractivity contribution < 1.29 is 13.2 Å². The van der Waals surface area contributed by atoms with Gasteiger partial charge in [0.15, 0.2) is 14.9 Å². The van der Waals surface area contributed by atoms with Gasteiger partial charge in [-0.3, -0.25) is 4.57 Å². The van der Waals surface area contributed by atoms with Crippen LogP contribution in [-0.4, -0.2) is 29.2 Å². The van der Waals surface area contributed by atoms with Crippen molar-refractivity contribution in [3.63, 3.8) is 0 Å². The Bertz CT molecular complexity index is 1540. The van der Waals surface area contributed by atoms with E-state index in [0.29, 0.717) is 11.5 Å². The van der Waals surface area contributed by atoms with Crippen LogP contribution in [0.25, 0.3) is 27.6 Å². The molecule has 0 amide bonds. The molecule has 0 aliphatic heterocycles. The van der Waals surface area contributed by atoms with Crippen molar-refractivity contribution in [3.05, 3.63) is 79.0 Å². The molecule has 5 aromatic rings. The van der Waals surface area contributed by atoms with Gasteiger partial charge in [0.05, 0.1) is 11.0 Å². The summed E-state index contributed by atoms with van der Waals surface area (Å²) in [6.45, 7) is 0. The molecule has 8 heteroatoms. The smallest absolute Gasteiger partial charge is 0.192 e. The summed E-state index contributed by atoms with van der Waals surface area (Å²) in [5.41, 5.74) is 7.73. The highest BCUT2D eigenvalue weighted by molar-refractivity contribution is 7.90. The average molecular weight is 430 g/mol. The molecular formula is C23H18N4O3S. The number of pyridine rings is 2. The number of benzene rings is 2. The number of hydrogen-bond acceptors (Lipinski definition) is 6. The lowest BCUT2D eigenvalue weighted by molar-refractivity contribution is 0.480. The lowest BCUT2D eigenvalue weighted by Gasteiger charge is -2.10. The summed E-state index contributed by atoms with van der Waals surface area (Å²) >= 11 is 0. The molecule has 5 rings (SSSR count). The summed E-state index contributed by atoms with van der Waals surface area (Å²) < 4.78 is 31.8. The van der Waals surface area contributed by atoms with E-state index in [0.717, 1.165) is 33.9 Å². The molecule has 154 valence electrons. The topological polar surface area (TPSA) is 100 Å². The minimum Gasteiger partial charge on any atom is -0.457 e. The quantitative estimate of drug-likeness (QED) is 0.455. The standard InChI is InChI=1S/C23H18N4O3S/c1-31(28,29)23-14-16(13-21(24)26-23)30-15-9-10-18-17-6-2-3-7-19(17)27(20(18)12-15)22-8-4-5-11-25-22/h2-14H,1H3,(H2,24,26). The Morgan fingerprint density at radius 3 is 2.42 bits per heavy atom. The first-order valence-electron chi connectivity index (χ1n) is 9.50. The van der Waals surface area contributed by atoms with Gasteiger partial charge in [-0.25, -0.2) is 18.4 Å². The van der Waals surface area contributed by atoms with Crippen LogP contribution in [0.5, 0.6) is 11.5 Å². The molecule has 0 saturated heterocycles. The Balaban J connectivity index is 1.68. The molecular weight excluding hydrogens is 412 g/mol. The molecule has 0 radical (unpaired) electrons. The highest BCUT2D eigenvalue weighted by atomic mass is 32.2. The summed E-state index contributed by atoms with van der Waals surface area (Å²) in [6, 6.07) is 22.5. The van der Waals surface area contributed by atoms with Crippen LogP contribution in [0.2, 0.25) is 0 Å². The van der Waals surface area contributed by atoms with Gasteiger partial charge in [0.25, 0.3) is 0 Å². The third kappa shape index (κ3) is 3.47. The van der Waals surface area contributed by atoms with Gasteiger partial charge in [-0.15, -0.1) is 0 Å². The number of sulfone groups is 1. The first kappa shape index (κ1) is 19.1. The number of rotatable bonds is 4. The van der Waals surface area contributed by atoms with Gasteiger partial charge in [0.2, 0.25) is 0 Å². The second kappa shape index (κ2) is 7.10. The predicted octanol–water partition coefficient (Wildman–Crippen LogP) is 4.35. The molecule has 7 nitrogen and oxygen atoms in total. The van der Waals surface area contributed by atoms with E-state index < -0.39 is 9.84 Å². The summed E-state index contributed by atoms with van der Waals surface area (Å²) in [7, 11) is -3.52. The molecule has 0 fully saturated rings. The zero-order chi connectivity index (χ0) is 21.6. The number of fused-ring (bicyclic) bond motifs is 3. The van der Waals surface area contributed by atoms with Crippen LogP contribution < -0.4 is 10.5 Å². The third-order valence-corrected chi connectivity index (χ3v) is 5.90. The van der Waals surface area contributed by atoms with E-state index in [1.54, 1.807) is 6.20 Å². The number of anilines is 1. The van der Waals surface area contributed by atoms with Gasteiger partial charge in [0, 0.05) is 41.4 Å². The van der Waals surface area contributed by atoms with E-state index in [9.17, 15) is 8.42 Å². The van der Waals surface area contributed by atoms with Crippen molar-refractivity contribution in [1.82, 2.24) is 14.5 Å². The largest absolute Gasteiger partial charge is 0.457 e. The predicted molar refractivity (Wildman–Crippen MR) is 120 cm³/mol. The molecule has 2 aromatic carbocycles. The zero-order valence-electron chi connectivity index (χ0n) is 16.6. The number of nitrogens with two attached hydrogens (primary N) is 1. The normalized spacial score (nSPS) is 11.8. The minimum atomic E-state index is -3.52. The highest BCUT2D eigenvalue weighted by Gasteiger charge is 2.15. The van der Waals surface area contributed by atoms with E-state index in [4.69, 9.17) is 10.5 Å². The van der Waals surface area contributed by atoms with Crippen molar-refractivity contribution in [3.8, 4) is 17.3 Å². The van der Waals surface area contributed by atoms with E-state index in [-0.39, 0.29) is 10.8 Å².